The van der Waals surface area contributed by atoms with Gasteiger partial charge in [0, 0.05) is 12.4 Å². The zero-order chi connectivity index (χ0) is 10.8. The third kappa shape index (κ3) is 2.12. The molecule has 0 aliphatic heterocycles. The molecule has 5 nitrogen and oxygen atoms in total. The maximum absolute atomic E-state index is 5.79. The lowest BCUT2D eigenvalue weighted by atomic mass is 10.4. The van der Waals surface area contributed by atoms with Gasteiger partial charge in [-0.25, -0.2) is 9.97 Å². The monoisotopic (exact) mass is 224 g/mol. The van der Waals surface area contributed by atoms with Crippen molar-refractivity contribution in [1.82, 2.24) is 20.1 Å². The number of hydrogen-bond donors (Lipinski definition) is 0. The molecular formula is C9H9ClN4O. The third-order valence-electron chi connectivity index (χ3n) is 1.76. The van der Waals surface area contributed by atoms with Gasteiger partial charge >= 0.3 is 0 Å². The molecule has 0 bridgehead atoms. The lowest BCUT2D eigenvalue weighted by molar-refractivity contribution is 0.379. The van der Waals surface area contributed by atoms with Crippen LogP contribution < -0.4 is 0 Å². The molecule has 6 heteroatoms. The van der Waals surface area contributed by atoms with Crippen LogP contribution in [0.3, 0.4) is 0 Å². The summed E-state index contributed by atoms with van der Waals surface area (Å²) in [7, 11) is 0. The average molecular weight is 225 g/mol. The highest BCUT2D eigenvalue weighted by molar-refractivity contribution is 6.20. The first kappa shape index (κ1) is 10.0. The molecule has 0 aliphatic carbocycles. The van der Waals surface area contributed by atoms with E-state index in [1.165, 1.54) is 0 Å². The molecule has 15 heavy (non-hydrogen) atoms. The third-order valence-corrected chi connectivity index (χ3v) is 1.95. The molecule has 0 radical (unpaired) electrons. The van der Waals surface area contributed by atoms with E-state index in [4.69, 9.17) is 16.1 Å². The minimum Gasteiger partial charge on any atom is -0.337 e. The maximum atomic E-state index is 5.79. The molecule has 2 aromatic heterocycles. The van der Waals surface area contributed by atoms with Crippen LogP contribution >= 0.6 is 11.6 Å². The van der Waals surface area contributed by atoms with Crippen molar-refractivity contribution in [2.24, 2.45) is 0 Å². The quantitative estimate of drug-likeness (QED) is 0.732. The highest BCUT2D eigenvalue weighted by Crippen LogP contribution is 2.19. The molecule has 0 N–H and O–H groups in total. The fraction of sp³-hybridized carbons (Fsp3) is 0.333. The number of aromatic nitrogens is 4. The fourth-order valence-corrected chi connectivity index (χ4v) is 1.08. The van der Waals surface area contributed by atoms with E-state index in [0.717, 1.165) is 5.56 Å². The fourth-order valence-electron chi connectivity index (χ4n) is 0.996. The zero-order valence-corrected chi connectivity index (χ0v) is 9.06. The van der Waals surface area contributed by atoms with E-state index >= 15 is 0 Å². The smallest absolute Gasteiger partial charge is 0.244 e. The normalized spacial score (nSPS) is 12.7. The minimum absolute atomic E-state index is 0.309. The Balaban J connectivity index is 2.33. The SMILES string of the molecule is Cc1cnc(-c2noc(C(C)Cl)n2)nc1. The van der Waals surface area contributed by atoms with Gasteiger partial charge < -0.3 is 4.52 Å². The van der Waals surface area contributed by atoms with Crippen molar-refractivity contribution in [2.75, 3.05) is 0 Å². The van der Waals surface area contributed by atoms with Crippen LogP contribution in [-0.2, 0) is 0 Å². The van der Waals surface area contributed by atoms with Crippen LogP contribution in [0.2, 0.25) is 0 Å². The summed E-state index contributed by atoms with van der Waals surface area (Å²) in [6.07, 6.45) is 3.39. The molecule has 1 atom stereocenters. The summed E-state index contributed by atoms with van der Waals surface area (Å²) < 4.78 is 4.94. The highest BCUT2D eigenvalue weighted by atomic mass is 35.5. The summed E-state index contributed by atoms with van der Waals surface area (Å²) in [5.41, 5.74) is 0.980. The zero-order valence-electron chi connectivity index (χ0n) is 8.31. The Morgan fingerprint density at radius 1 is 1.27 bits per heavy atom. The molecule has 0 amide bonds. The predicted octanol–water partition coefficient (Wildman–Crippen LogP) is 2.13. The van der Waals surface area contributed by atoms with Crippen molar-refractivity contribution in [3.8, 4) is 11.6 Å². The summed E-state index contributed by atoms with van der Waals surface area (Å²) in [6.45, 7) is 3.67. The largest absolute Gasteiger partial charge is 0.337 e. The van der Waals surface area contributed by atoms with Gasteiger partial charge in [0.25, 0.3) is 0 Å². The molecule has 0 spiro atoms. The van der Waals surface area contributed by atoms with Gasteiger partial charge in [0.1, 0.15) is 5.38 Å². The average Bonchev–Trinajstić information content (AvgIpc) is 2.68. The number of aryl methyl sites for hydroxylation is 1. The van der Waals surface area contributed by atoms with Crippen molar-refractivity contribution in [3.63, 3.8) is 0 Å². The van der Waals surface area contributed by atoms with E-state index in [1.54, 1.807) is 19.3 Å². The Hall–Kier alpha value is -1.49. The molecule has 0 saturated heterocycles. The summed E-state index contributed by atoms with van der Waals surface area (Å²) in [5.74, 6) is 1.17. The van der Waals surface area contributed by atoms with Crippen molar-refractivity contribution >= 4 is 11.6 Å². The Morgan fingerprint density at radius 3 is 2.47 bits per heavy atom. The second-order valence-corrected chi connectivity index (χ2v) is 3.81. The standard InChI is InChI=1S/C9H9ClN4O/c1-5-3-11-7(12-4-5)8-13-9(6(2)10)15-14-8/h3-4,6H,1-2H3. The van der Waals surface area contributed by atoms with Gasteiger partial charge in [-0.15, -0.1) is 11.6 Å². The van der Waals surface area contributed by atoms with Crippen LogP contribution in [0.4, 0.5) is 0 Å². The molecule has 0 fully saturated rings. The number of hydrogen-bond acceptors (Lipinski definition) is 5. The number of alkyl halides is 1. The molecule has 0 aromatic carbocycles. The Labute approximate surface area is 91.5 Å². The molecule has 78 valence electrons. The lowest BCUT2D eigenvalue weighted by Crippen LogP contribution is -1.91. The highest BCUT2D eigenvalue weighted by Gasteiger charge is 2.14. The van der Waals surface area contributed by atoms with Crippen LogP contribution in [-0.4, -0.2) is 20.1 Å². The van der Waals surface area contributed by atoms with Gasteiger partial charge in [0.2, 0.25) is 17.5 Å². The number of rotatable bonds is 2. The second-order valence-electron chi connectivity index (χ2n) is 3.16. The van der Waals surface area contributed by atoms with Crippen LogP contribution in [0.25, 0.3) is 11.6 Å². The molecule has 0 saturated carbocycles. The summed E-state index contributed by atoms with van der Waals surface area (Å²) >= 11 is 5.79. The molecular weight excluding hydrogens is 216 g/mol. The van der Waals surface area contributed by atoms with Crippen molar-refractivity contribution in [3.05, 3.63) is 23.8 Å². The van der Waals surface area contributed by atoms with E-state index in [1.807, 2.05) is 6.92 Å². The predicted molar refractivity (Wildman–Crippen MR) is 54.3 cm³/mol. The van der Waals surface area contributed by atoms with Crippen molar-refractivity contribution < 1.29 is 4.52 Å². The summed E-state index contributed by atoms with van der Waals surface area (Å²) in [5, 5.41) is 3.43. The second kappa shape index (κ2) is 3.94. The molecule has 0 aliphatic rings. The van der Waals surface area contributed by atoms with Gasteiger partial charge in [0.15, 0.2) is 0 Å². The number of nitrogens with zero attached hydrogens (tertiary/aromatic N) is 4. The van der Waals surface area contributed by atoms with Gasteiger partial charge in [-0.2, -0.15) is 4.98 Å². The molecule has 2 heterocycles. The van der Waals surface area contributed by atoms with Crippen molar-refractivity contribution in [1.29, 1.82) is 0 Å². The van der Waals surface area contributed by atoms with Gasteiger partial charge in [-0.1, -0.05) is 5.16 Å². The van der Waals surface area contributed by atoms with E-state index in [0.29, 0.717) is 17.5 Å². The van der Waals surface area contributed by atoms with E-state index in [-0.39, 0.29) is 5.38 Å². The Kier molecular flexibility index (Phi) is 2.64. The van der Waals surface area contributed by atoms with Crippen molar-refractivity contribution in [2.45, 2.75) is 19.2 Å². The van der Waals surface area contributed by atoms with Crippen LogP contribution in [0.15, 0.2) is 16.9 Å². The summed E-state index contributed by atoms with van der Waals surface area (Å²) in [4.78, 5) is 12.2. The van der Waals surface area contributed by atoms with E-state index in [9.17, 15) is 0 Å². The van der Waals surface area contributed by atoms with Gasteiger partial charge in [-0.3, -0.25) is 0 Å². The van der Waals surface area contributed by atoms with Gasteiger partial charge in [0.05, 0.1) is 0 Å². The van der Waals surface area contributed by atoms with Crippen LogP contribution in [0, 0.1) is 6.92 Å². The topological polar surface area (TPSA) is 64.7 Å². The first-order valence-corrected chi connectivity index (χ1v) is 4.87. The van der Waals surface area contributed by atoms with Gasteiger partial charge in [-0.05, 0) is 19.4 Å². The number of halogens is 1. The first-order valence-electron chi connectivity index (χ1n) is 4.43. The molecule has 2 rings (SSSR count). The van der Waals surface area contributed by atoms with E-state index in [2.05, 4.69) is 20.1 Å². The Morgan fingerprint density at radius 2 is 1.93 bits per heavy atom. The minimum atomic E-state index is -0.309. The summed E-state index contributed by atoms with van der Waals surface area (Å²) in [6, 6.07) is 0. The lowest BCUT2D eigenvalue weighted by Gasteiger charge is -1.92. The Bertz CT molecular complexity index is 451. The van der Waals surface area contributed by atoms with E-state index < -0.39 is 0 Å². The maximum Gasteiger partial charge on any atom is 0.244 e. The first-order chi connectivity index (χ1) is 7.16. The van der Waals surface area contributed by atoms with Crippen LogP contribution in [0.5, 0.6) is 0 Å². The molecule has 1 unspecified atom stereocenters. The van der Waals surface area contributed by atoms with Crippen LogP contribution in [0.1, 0.15) is 23.8 Å². The molecule has 2 aromatic rings.